The Labute approximate surface area is 312 Å². The molecular weight excluding hydrogens is 645 g/mol. The predicted octanol–water partition coefficient (Wildman–Crippen LogP) is 12.6. The highest BCUT2D eigenvalue weighted by Gasteiger charge is 2.38. The Balaban J connectivity index is 1.30. The van der Waals surface area contributed by atoms with Gasteiger partial charge in [0, 0.05) is 16.1 Å². The molecule has 0 nitrogen and oxygen atoms in total. The maximum Gasteiger partial charge on any atom is 0.0238 e. The van der Waals surface area contributed by atoms with E-state index in [1.807, 2.05) is 11.8 Å². The fourth-order valence-electron chi connectivity index (χ4n) is 9.48. The molecule has 0 saturated carbocycles. The van der Waals surface area contributed by atoms with Gasteiger partial charge in [-0.3, -0.25) is 0 Å². The Morgan fingerprint density at radius 2 is 1.33 bits per heavy atom. The van der Waals surface area contributed by atoms with E-state index >= 15 is 0 Å². The van der Waals surface area contributed by atoms with Crippen molar-refractivity contribution in [2.45, 2.75) is 57.8 Å². The summed E-state index contributed by atoms with van der Waals surface area (Å²) in [4.78, 5) is 1.39. The van der Waals surface area contributed by atoms with E-state index in [4.69, 9.17) is 0 Å². The quantitative estimate of drug-likeness (QED) is 0.178. The van der Waals surface area contributed by atoms with Gasteiger partial charge in [-0.15, -0.1) is 11.8 Å². The Bertz CT molecular complexity index is 2660. The number of benzene rings is 6. The van der Waals surface area contributed by atoms with Crippen LogP contribution in [0.15, 0.2) is 126 Å². The van der Waals surface area contributed by atoms with Crippen molar-refractivity contribution >= 4 is 57.5 Å². The first kappa shape index (κ1) is 32.8. The highest BCUT2D eigenvalue weighted by molar-refractivity contribution is 8.00. The fraction of sp³-hybridized carbons (Fsp3) is 0.176. The average molecular weight is 689 g/mol. The molecular formula is C51H44S. The summed E-state index contributed by atoms with van der Waals surface area (Å²) in [6, 6.07) is 40.5. The molecule has 0 N–H and O–H groups in total. The summed E-state index contributed by atoms with van der Waals surface area (Å²) in [5.41, 5.74) is 19.2. The van der Waals surface area contributed by atoms with E-state index in [0.29, 0.717) is 0 Å². The Morgan fingerprint density at radius 3 is 2.10 bits per heavy atom. The zero-order valence-electron chi connectivity index (χ0n) is 30.8. The zero-order chi connectivity index (χ0) is 35.6. The van der Waals surface area contributed by atoms with E-state index < -0.39 is 0 Å². The van der Waals surface area contributed by atoms with Gasteiger partial charge in [0.1, 0.15) is 0 Å². The van der Waals surface area contributed by atoms with Gasteiger partial charge in [-0.25, -0.2) is 0 Å². The highest BCUT2D eigenvalue weighted by Crippen LogP contribution is 2.53. The van der Waals surface area contributed by atoms with Gasteiger partial charge in [0.05, 0.1) is 0 Å². The molecule has 1 heteroatoms. The first-order chi connectivity index (χ1) is 25.4. The molecule has 0 aromatic heterocycles. The summed E-state index contributed by atoms with van der Waals surface area (Å²) < 4.78 is 0. The molecule has 0 fully saturated rings. The zero-order valence-corrected chi connectivity index (χ0v) is 31.6. The molecule has 6 aromatic rings. The standard InChI is InChI=1S/C51H44S/c1-6-37-38(7-2)49(42-25-12-11-24-41(42)48(37)33-18-9-8-10-19-33)35-21-17-20-34(28-35)44-30-45-40-23-13-15-26-46(40)51(4,5)50(45)32(3)43(44)29-36-31-52-47-27-16-14-22-39(36)47/h6-16,18-20,22-30H,17,21,31H2,1-5H3/b36-29+,37-6+,38-7+. The maximum atomic E-state index is 2.54. The lowest BCUT2D eigenvalue weighted by molar-refractivity contribution is 0.655. The molecule has 0 amide bonds. The summed E-state index contributed by atoms with van der Waals surface area (Å²) in [5.74, 6) is 1.00. The molecule has 0 saturated heterocycles. The van der Waals surface area contributed by atoms with Crippen molar-refractivity contribution in [3.05, 3.63) is 171 Å². The van der Waals surface area contributed by atoms with E-state index in [9.17, 15) is 0 Å². The number of fused-ring (bicyclic) bond motifs is 5. The first-order valence-electron chi connectivity index (χ1n) is 18.8. The Hall–Kier alpha value is -5.11. The number of thioether (sulfide) groups is 1. The highest BCUT2D eigenvalue weighted by atomic mass is 32.2. The van der Waals surface area contributed by atoms with Crippen molar-refractivity contribution in [2.75, 3.05) is 5.75 Å². The van der Waals surface area contributed by atoms with Crippen LogP contribution in [-0.4, -0.2) is 5.75 Å². The van der Waals surface area contributed by atoms with Crippen LogP contribution in [0, 0.1) is 6.92 Å². The van der Waals surface area contributed by atoms with Crippen molar-refractivity contribution in [3.8, 4) is 22.3 Å². The molecule has 6 aromatic carbocycles. The fourth-order valence-corrected chi connectivity index (χ4v) is 10.6. The van der Waals surface area contributed by atoms with Gasteiger partial charge in [-0.05, 0) is 151 Å². The third-order valence-electron chi connectivity index (χ3n) is 11.8. The molecule has 0 spiro atoms. The topological polar surface area (TPSA) is 0 Å². The van der Waals surface area contributed by atoms with Gasteiger partial charge in [-0.2, -0.15) is 0 Å². The Morgan fingerprint density at radius 1 is 0.673 bits per heavy atom. The molecule has 254 valence electrons. The van der Waals surface area contributed by atoms with Gasteiger partial charge in [-0.1, -0.05) is 135 Å². The molecule has 0 unspecified atom stereocenters. The molecule has 0 radical (unpaired) electrons. The summed E-state index contributed by atoms with van der Waals surface area (Å²) in [5, 5.41) is 5.29. The van der Waals surface area contributed by atoms with Crippen LogP contribution in [0.1, 0.15) is 79.5 Å². The van der Waals surface area contributed by atoms with Crippen LogP contribution in [0.5, 0.6) is 0 Å². The Kier molecular flexibility index (Phi) is 8.09. The first-order valence-corrected chi connectivity index (χ1v) is 19.7. The van der Waals surface area contributed by atoms with Crippen molar-refractivity contribution < 1.29 is 0 Å². The van der Waals surface area contributed by atoms with Crippen molar-refractivity contribution in [3.63, 3.8) is 0 Å². The summed E-state index contributed by atoms with van der Waals surface area (Å²) >= 11 is 1.96. The second-order valence-corrected chi connectivity index (χ2v) is 16.0. The van der Waals surface area contributed by atoms with Gasteiger partial charge >= 0.3 is 0 Å². The van der Waals surface area contributed by atoms with E-state index in [1.54, 1.807) is 0 Å². The van der Waals surface area contributed by atoms with Crippen LogP contribution >= 0.6 is 11.8 Å². The minimum atomic E-state index is -0.0651. The van der Waals surface area contributed by atoms with Crippen molar-refractivity contribution in [2.24, 2.45) is 0 Å². The molecule has 1 aliphatic heterocycles. The normalized spacial score (nSPS) is 17.3. The van der Waals surface area contributed by atoms with Crippen LogP contribution in [0.4, 0.5) is 0 Å². The lowest BCUT2D eigenvalue weighted by Crippen LogP contribution is -2.31. The minimum absolute atomic E-state index is 0.0651. The van der Waals surface area contributed by atoms with E-state index in [2.05, 4.69) is 174 Å². The molecule has 3 aliphatic rings. The number of allylic oxidation sites excluding steroid dienone is 4. The van der Waals surface area contributed by atoms with Crippen LogP contribution in [0.3, 0.4) is 0 Å². The summed E-state index contributed by atoms with van der Waals surface area (Å²) in [7, 11) is 0. The van der Waals surface area contributed by atoms with Gasteiger partial charge in [0.15, 0.2) is 0 Å². The van der Waals surface area contributed by atoms with Crippen molar-refractivity contribution in [1.82, 2.24) is 0 Å². The average Bonchev–Trinajstić information content (AvgIpc) is 3.70. The monoisotopic (exact) mass is 688 g/mol. The van der Waals surface area contributed by atoms with Crippen LogP contribution < -0.4 is 10.4 Å². The number of hydrogen-bond donors (Lipinski definition) is 0. The van der Waals surface area contributed by atoms with E-state index in [0.717, 1.165) is 18.6 Å². The summed E-state index contributed by atoms with van der Waals surface area (Å²) in [6.45, 7) is 11.6. The number of hydrogen-bond acceptors (Lipinski definition) is 1. The molecule has 52 heavy (non-hydrogen) atoms. The smallest absolute Gasteiger partial charge is 0.0238 e. The minimum Gasteiger partial charge on any atom is -0.121 e. The lowest BCUT2D eigenvalue weighted by atomic mass is 9.77. The van der Waals surface area contributed by atoms with Gasteiger partial charge < -0.3 is 0 Å². The largest absolute Gasteiger partial charge is 0.121 e. The maximum absolute atomic E-state index is 2.54. The third-order valence-corrected chi connectivity index (χ3v) is 12.9. The third kappa shape index (κ3) is 5.05. The van der Waals surface area contributed by atoms with Crippen molar-refractivity contribution in [1.29, 1.82) is 0 Å². The van der Waals surface area contributed by atoms with E-state index in [1.165, 1.54) is 104 Å². The molecule has 0 bridgehead atoms. The predicted molar refractivity (Wildman–Crippen MR) is 228 cm³/mol. The molecule has 2 aliphatic carbocycles. The van der Waals surface area contributed by atoms with E-state index in [-0.39, 0.29) is 5.41 Å². The molecule has 1 heterocycles. The number of rotatable bonds is 4. The SMILES string of the molecule is C/C=c1/c(C2=CC(c3cc4c(c(C)c3/C=C3\CSc5ccccc53)C(C)(C)c3ccccc3-4)=CCC2)c2ccccc2c(-c2ccccc2)/c1=C/C. The summed E-state index contributed by atoms with van der Waals surface area (Å²) in [6.07, 6.45) is 14.3. The second kappa shape index (κ2) is 12.8. The lowest BCUT2D eigenvalue weighted by Gasteiger charge is -2.26. The van der Waals surface area contributed by atoms with Gasteiger partial charge in [0.2, 0.25) is 0 Å². The molecule has 9 rings (SSSR count). The van der Waals surface area contributed by atoms with Crippen LogP contribution in [0.2, 0.25) is 0 Å². The van der Waals surface area contributed by atoms with Crippen LogP contribution in [-0.2, 0) is 5.41 Å². The van der Waals surface area contributed by atoms with Crippen LogP contribution in [0.25, 0.3) is 68.0 Å². The van der Waals surface area contributed by atoms with Gasteiger partial charge in [0.25, 0.3) is 0 Å². The second-order valence-electron chi connectivity index (χ2n) is 14.9. The molecule has 0 atom stereocenters.